The molecule has 15 atom stereocenters. The number of rotatable bonds is 25. The molecule has 0 aromatic carbocycles. The lowest BCUT2D eigenvalue weighted by Crippen LogP contribution is -2.59. The van der Waals surface area contributed by atoms with E-state index in [2.05, 4.69) is 5.32 Å². The second-order valence-electron chi connectivity index (χ2n) is 15.9. The Hall–Kier alpha value is -3.70. The van der Waals surface area contributed by atoms with Crippen LogP contribution in [-0.4, -0.2) is 276 Å². The van der Waals surface area contributed by atoms with Crippen molar-refractivity contribution >= 4 is 35.5 Å². The number of carbonyl (C=O) groups excluding carboxylic acids is 6. The highest BCUT2D eigenvalue weighted by molar-refractivity contribution is 6.01. The Bertz CT molecular complexity index is 1570. The molecule has 29 nitrogen and oxygen atoms in total. The molecule has 0 spiro atoms. The lowest BCUT2D eigenvalue weighted by Gasteiger charge is -2.40. The molecule has 67 heavy (non-hydrogen) atoms. The molecule has 4 fully saturated rings. The smallest absolute Gasteiger partial charge is 0.333 e. The number of nitrogens with zero attached hydrogens (tertiary/aromatic N) is 3. The molecule has 29 heteroatoms. The number of ether oxygens (including phenoxy) is 6. The number of hydrogen-bond acceptors (Lipinski definition) is 25. The summed E-state index contributed by atoms with van der Waals surface area (Å²) >= 11 is 0. The summed E-state index contributed by atoms with van der Waals surface area (Å²) < 4.78 is 32.4. The predicted molar refractivity (Wildman–Crippen MR) is 211 cm³/mol. The molecule has 4 aliphatic heterocycles. The van der Waals surface area contributed by atoms with Crippen molar-refractivity contribution in [2.45, 2.75) is 131 Å². The van der Waals surface area contributed by atoms with Crippen molar-refractivity contribution in [3.05, 3.63) is 0 Å². The van der Waals surface area contributed by atoms with Gasteiger partial charge in [-0.15, -0.1) is 5.06 Å². The first kappa shape index (κ1) is 55.9. The van der Waals surface area contributed by atoms with Crippen LogP contribution in [0.4, 0.5) is 0 Å². The van der Waals surface area contributed by atoms with Gasteiger partial charge in [-0.05, 0) is 12.8 Å². The van der Waals surface area contributed by atoms with E-state index in [4.69, 9.17) is 33.3 Å². The Morgan fingerprint density at radius 1 is 0.552 bits per heavy atom. The second kappa shape index (κ2) is 26.9. The van der Waals surface area contributed by atoms with Crippen LogP contribution in [0.5, 0.6) is 0 Å². The molecular formula is C38H62N4O25. The van der Waals surface area contributed by atoms with Crippen LogP contribution in [-0.2, 0) is 62.0 Å². The van der Waals surface area contributed by atoms with Crippen molar-refractivity contribution in [2.24, 2.45) is 0 Å². The number of aliphatic hydroxyl groups excluding tert-OH is 12. The van der Waals surface area contributed by atoms with E-state index >= 15 is 0 Å². The lowest BCUT2D eigenvalue weighted by molar-refractivity contribution is -0.303. The summed E-state index contributed by atoms with van der Waals surface area (Å²) in [6.07, 6.45) is -25.3. The van der Waals surface area contributed by atoms with Crippen molar-refractivity contribution in [2.75, 3.05) is 72.4 Å². The van der Waals surface area contributed by atoms with E-state index in [-0.39, 0.29) is 64.8 Å². The molecule has 0 aromatic heterocycles. The molecular weight excluding hydrogens is 912 g/mol. The first-order valence-corrected chi connectivity index (χ1v) is 21.5. The maximum Gasteiger partial charge on any atom is 0.333 e. The number of carbonyl (C=O) groups is 6. The minimum absolute atomic E-state index is 0.000770. The zero-order valence-electron chi connectivity index (χ0n) is 36.2. The molecule has 2 unspecified atom stereocenters. The Balaban J connectivity index is 1.43. The third kappa shape index (κ3) is 15.4. The Morgan fingerprint density at radius 3 is 1.40 bits per heavy atom. The van der Waals surface area contributed by atoms with Gasteiger partial charge in [0.15, 0.2) is 18.9 Å². The normalized spacial score (nSPS) is 33.4. The fraction of sp³-hybridized carbons (Fsp3) is 0.842. The molecule has 13 N–H and O–H groups in total. The fourth-order valence-corrected chi connectivity index (χ4v) is 7.13. The number of unbranched alkanes of at least 4 members (excludes halogenated alkanes) is 1. The van der Waals surface area contributed by atoms with Gasteiger partial charge in [0.1, 0.15) is 86.3 Å². The van der Waals surface area contributed by atoms with E-state index in [1.54, 1.807) is 0 Å². The molecule has 0 aromatic rings. The van der Waals surface area contributed by atoms with Crippen LogP contribution in [0, 0.1) is 0 Å². The molecule has 0 saturated carbocycles. The average molecular weight is 975 g/mol. The Kier molecular flexibility index (Phi) is 22.4. The monoisotopic (exact) mass is 974 g/mol. The van der Waals surface area contributed by atoms with Gasteiger partial charge in [-0.25, -0.2) is 4.79 Å². The highest BCUT2D eigenvalue weighted by Gasteiger charge is 2.46. The van der Waals surface area contributed by atoms with Gasteiger partial charge in [-0.1, -0.05) is 0 Å². The first-order valence-electron chi connectivity index (χ1n) is 21.5. The molecule has 384 valence electrons. The summed E-state index contributed by atoms with van der Waals surface area (Å²) in [4.78, 5) is 83.5. The summed E-state index contributed by atoms with van der Waals surface area (Å²) in [5, 5.41) is 123. The van der Waals surface area contributed by atoms with Crippen LogP contribution < -0.4 is 5.32 Å². The van der Waals surface area contributed by atoms with Crippen LogP contribution in [0.25, 0.3) is 0 Å². The van der Waals surface area contributed by atoms with Crippen molar-refractivity contribution in [3.8, 4) is 0 Å². The quantitative estimate of drug-likeness (QED) is 0.0298. The number of hydrogen-bond donors (Lipinski definition) is 13. The third-order valence-corrected chi connectivity index (χ3v) is 11.1. The summed E-state index contributed by atoms with van der Waals surface area (Å²) in [6, 6.07) is 0. The van der Waals surface area contributed by atoms with Gasteiger partial charge in [0.25, 0.3) is 11.8 Å². The standard InChI is InChI=1S/C38H62N4O25/c43-15-18-27(52)30(55)33(58)36(64-18)61-10-7-39-21(46)13-41(22(47)3-1-2-4-26(51)67-42-23(48)5-6-24(42)49)14-25(50)40(8-11-62-37-34(59)31(56)28(53)19(16-44)65-37)9-12-63-38-35(60)32(57)29(54)20(17-45)66-38/h18-20,27-38,43-45,52-60H,1-17H2,(H,39,46)/t18-,19-,20-,27-,28-,29-,30+,31+,32+,33+,34+,35+,36+,37?,38?/m1/s1. The Morgan fingerprint density at radius 2 is 0.970 bits per heavy atom. The summed E-state index contributed by atoms with van der Waals surface area (Å²) in [7, 11) is 0. The minimum Gasteiger partial charge on any atom is -0.394 e. The molecule has 4 rings (SSSR count). The van der Waals surface area contributed by atoms with Crippen molar-refractivity contribution in [3.63, 3.8) is 0 Å². The molecule has 4 aliphatic rings. The topological polar surface area (TPSA) is 432 Å². The molecule has 4 heterocycles. The fourth-order valence-electron chi connectivity index (χ4n) is 7.13. The largest absolute Gasteiger partial charge is 0.394 e. The van der Waals surface area contributed by atoms with Crippen molar-refractivity contribution in [1.29, 1.82) is 0 Å². The van der Waals surface area contributed by atoms with Crippen molar-refractivity contribution < 1.29 is 123 Å². The highest BCUT2D eigenvalue weighted by Crippen LogP contribution is 2.24. The molecule has 0 radical (unpaired) electrons. The Labute approximate surface area is 381 Å². The van der Waals surface area contributed by atoms with Crippen LogP contribution in [0.15, 0.2) is 0 Å². The number of hydroxylamine groups is 2. The maximum atomic E-state index is 14.0. The predicted octanol–water partition coefficient (Wildman–Crippen LogP) is -9.62. The van der Waals surface area contributed by atoms with E-state index in [0.29, 0.717) is 5.06 Å². The highest BCUT2D eigenvalue weighted by atomic mass is 16.7. The van der Waals surface area contributed by atoms with Gasteiger partial charge in [0.2, 0.25) is 17.7 Å². The van der Waals surface area contributed by atoms with E-state index in [1.807, 2.05) is 0 Å². The zero-order chi connectivity index (χ0) is 49.5. The van der Waals surface area contributed by atoms with Crippen LogP contribution >= 0.6 is 0 Å². The molecule has 0 aliphatic carbocycles. The van der Waals surface area contributed by atoms with E-state index in [1.165, 1.54) is 0 Å². The van der Waals surface area contributed by atoms with E-state index in [0.717, 1.165) is 9.80 Å². The molecule has 4 saturated heterocycles. The number of imide groups is 1. The molecule has 5 amide bonds. The summed E-state index contributed by atoms with van der Waals surface area (Å²) in [5.74, 6) is -4.81. The summed E-state index contributed by atoms with van der Waals surface area (Å²) in [6.45, 7) is -6.19. The lowest BCUT2D eigenvalue weighted by atomic mass is 9.99. The zero-order valence-corrected chi connectivity index (χ0v) is 36.2. The van der Waals surface area contributed by atoms with Crippen molar-refractivity contribution in [1.82, 2.24) is 20.2 Å². The van der Waals surface area contributed by atoms with Gasteiger partial charge in [0.05, 0.1) is 39.6 Å². The molecule has 0 bridgehead atoms. The number of nitrogens with one attached hydrogen (secondary N) is 1. The SMILES string of the molecule is O=C(CN(CC(=O)N(CCOC1O[C@H](CO)[C@@H](O)[C@H](O)[C@@H]1O)CCOC1O[C@H](CO)[C@@H](O)[C@H](O)[C@@H]1O)C(=O)CCCCC(=O)ON1C(=O)CCC1=O)NCCO[C@H]1O[C@H](CO)[C@@H](O)[C@H](O)[C@@H]1O. The summed E-state index contributed by atoms with van der Waals surface area (Å²) in [5.41, 5.74) is 0. The average Bonchev–Trinajstić information content (AvgIpc) is 3.62. The third-order valence-electron chi connectivity index (χ3n) is 11.1. The van der Waals surface area contributed by atoms with Crippen LogP contribution in [0.3, 0.4) is 0 Å². The maximum absolute atomic E-state index is 14.0. The first-order chi connectivity index (χ1) is 31.8. The minimum atomic E-state index is -1.81. The van der Waals surface area contributed by atoms with Crippen LogP contribution in [0.1, 0.15) is 38.5 Å². The van der Waals surface area contributed by atoms with Gasteiger partial charge in [-0.3, -0.25) is 24.0 Å². The number of aliphatic hydroxyl groups is 12. The van der Waals surface area contributed by atoms with Gasteiger partial charge >= 0.3 is 5.97 Å². The van der Waals surface area contributed by atoms with E-state index < -0.39 is 174 Å². The number of amides is 5. The second-order valence-corrected chi connectivity index (χ2v) is 15.9. The van der Waals surface area contributed by atoms with Crippen LogP contribution in [0.2, 0.25) is 0 Å². The van der Waals surface area contributed by atoms with E-state index in [9.17, 15) is 90.0 Å². The van der Waals surface area contributed by atoms with Gasteiger partial charge in [-0.2, -0.15) is 0 Å². The van der Waals surface area contributed by atoms with Gasteiger partial charge < -0.3 is 110 Å². The van der Waals surface area contributed by atoms with Gasteiger partial charge in [0, 0.05) is 45.3 Å².